The first-order valence-corrected chi connectivity index (χ1v) is 14.3. The van der Waals surface area contributed by atoms with E-state index in [1.165, 1.54) is 24.2 Å². The second kappa shape index (κ2) is 11.1. The van der Waals surface area contributed by atoms with E-state index >= 15 is 0 Å². The number of aromatic nitrogens is 1. The molecular weight excluding hydrogens is 456 g/mol. The molecule has 0 unspecified atom stereocenters. The number of nitrogens with zero attached hydrogens (tertiary/aromatic N) is 3. The Hall–Kier alpha value is -1.81. The zero-order valence-corrected chi connectivity index (χ0v) is 21.0. The summed E-state index contributed by atoms with van der Waals surface area (Å²) >= 11 is 1.47. The van der Waals surface area contributed by atoms with Crippen molar-refractivity contribution in [2.75, 3.05) is 31.5 Å². The summed E-state index contributed by atoms with van der Waals surface area (Å²) in [6.07, 6.45) is 6.29. The number of hydrogen-bond donors (Lipinski definition) is 1. The fourth-order valence-corrected chi connectivity index (χ4v) is 6.64. The number of nitrogens with one attached hydrogen (secondary N) is 1. The van der Waals surface area contributed by atoms with Gasteiger partial charge in [0.05, 0.1) is 10.6 Å². The summed E-state index contributed by atoms with van der Waals surface area (Å²) in [4.78, 5) is 19.7. The van der Waals surface area contributed by atoms with Crippen LogP contribution in [0.25, 0.3) is 0 Å². The Morgan fingerprint density at radius 2 is 1.79 bits per heavy atom. The Balaban J connectivity index is 1.24. The Kier molecular flexibility index (Phi) is 8.16. The number of carbonyl (C=O) groups excluding carboxylic acids is 1. The van der Waals surface area contributed by atoms with Crippen LogP contribution in [0.5, 0.6) is 0 Å². The summed E-state index contributed by atoms with van der Waals surface area (Å²) in [7, 11) is -3.42. The maximum absolute atomic E-state index is 12.8. The lowest BCUT2D eigenvalue weighted by Gasteiger charge is -2.29. The number of piperidine rings is 2. The van der Waals surface area contributed by atoms with Crippen molar-refractivity contribution in [2.45, 2.75) is 63.3 Å². The number of anilines is 1. The number of benzene rings is 1. The molecule has 1 N–H and O–H groups in total. The van der Waals surface area contributed by atoms with Crippen LogP contribution in [0.4, 0.5) is 5.13 Å². The molecule has 2 aromatic rings. The summed E-state index contributed by atoms with van der Waals surface area (Å²) in [5.41, 5.74) is 1.96. The third-order valence-corrected chi connectivity index (χ3v) is 9.30. The predicted molar refractivity (Wildman–Crippen MR) is 132 cm³/mol. The Bertz CT molecular complexity index is 1020. The van der Waals surface area contributed by atoms with E-state index in [2.05, 4.69) is 22.1 Å². The Morgan fingerprint density at radius 3 is 2.48 bits per heavy atom. The minimum atomic E-state index is -3.42. The molecule has 0 atom stereocenters. The molecule has 33 heavy (non-hydrogen) atoms. The molecule has 1 aromatic heterocycles. The number of thiazole rings is 1. The molecule has 0 spiro atoms. The van der Waals surface area contributed by atoms with Gasteiger partial charge in [-0.3, -0.25) is 9.69 Å². The molecule has 0 aliphatic carbocycles. The fourth-order valence-electron chi connectivity index (χ4n) is 4.41. The van der Waals surface area contributed by atoms with Gasteiger partial charge in [0, 0.05) is 31.4 Å². The highest BCUT2D eigenvalue weighted by atomic mass is 32.2. The summed E-state index contributed by atoms with van der Waals surface area (Å²) in [5, 5.41) is 5.57. The van der Waals surface area contributed by atoms with E-state index in [1.807, 2.05) is 17.5 Å². The van der Waals surface area contributed by atoms with Crippen LogP contribution in [0, 0.1) is 5.92 Å². The van der Waals surface area contributed by atoms with Crippen molar-refractivity contribution in [3.05, 3.63) is 40.9 Å². The van der Waals surface area contributed by atoms with Gasteiger partial charge in [-0.1, -0.05) is 25.5 Å². The molecule has 3 heterocycles. The summed E-state index contributed by atoms with van der Waals surface area (Å²) < 4.78 is 27.1. The van der Waals surface area contributed by atoms with E-state index in [0.717, 1.165) is 56.1 Å². The van der Waals surface area contributed by atoms with Crippen LogP contribution in [0.1, 0.15) is 56.7 Å². The molecule has 9 heteroatoms. The zero-order valence-electron chi connectivity index (χ0n) is 19.3. The molecule has 2 aliphatic heterocycles. The van der Waals surface area contributed by atoms with Crippen LogP contribution in [0.2, 0.25) is 0 Å². The predicted octanol–water partition coefficient (Wildman–Crippen LogP) is 4.12. The summed E-state index contributed by atoms with van der Waals surface area (Å²) in [6, 6.07) is 6.94. The molecule has 7 nitrogen and oxygen atoms in total. The van der Waals surface area contributed by atoms with Gasteiger partial charge >= 0.3 is 0 Å². The van der Waals surface area contributed by atoms with Crippen molar-refractivity contribution in [2.24, 2.45) is 5.92 Å². The first-order chi connectivity index (χ1) is 15.9. The molecule has 2 aliphatic rings. The number of aryl methyl sites for hydroxylation is 1. The number of likely N-dealkylation sites (tertiary alicyclic amines) is 1. The molecule has 1 aromatic carbocycles. The number of sulfonamides is 1. The molecule has 2 fully saturated rings. The van der Waals surface area contributed by atoms with E-state index in [1.54, 1.807) is 16.4 Å². The van der Waals surface area contributed by atoms with Gasteiger partial charge in [-0.15, -0.1) is 11.3 Å². The van der Waals surface area contributed by atoms with Crippen LogP contribution < -0.4 is 5.32 Å². The van der Waals surface area contributed by atoms with Crippen molar-refractivity contribution in [1.82, 2.24) is 14.2 Å². The maximum Gasteiger partial charge on any atom is 0.243 e. The molecular formula is C24H34N4O3S2. The van der Waals surface area contributed by atoms with Crippen molar-refractivity contribution in [3.8, 4) is 0 Å². The third kappa shape index (κ3) is 6.62. The highest BCUT2D eigenvalue weighted by Crippen LogP contribution is 2.23. The van der Waals surface area contributed by atoms with E-state index in [9.17, 15) is 13.2 Å². The minimum Gasteiger partial charge on any atom is -0.302 e. The van der Waals surface area contributed by atoms with Gasteiger partial charge in [-0.2, -0.15) is 4.31 Å². The lowest BCUT2D eigenvalue weighted by atomic mass is 9.99. The highest BCUT2D eigenvalue weighted by Gasteiger charge is 2.25. The smallest absolute Gasteiger partial charge is 0.243 e. The Labute approximate surface area is 201 Å². The van der Waals surface area contributed by atoms with E-state index in [-0.39, 0.29) is 5.91 Å². The summed E-state index contributed by atoms with van der Waals surface area (Å²) in [6.45, 7) is 6.56. The van der Waals surface area contributed by atoms with Crippen LogP contribution >= 0.6 is 11.3 Å². The molecule has 1 amide bonds. The van der Waals surface area contributed by atoms with Crippen molar-refractivity contribution in [3.63, 3.8) is 0 Å². The van der Waals surface area contributed by atoms with Gasteiger partial charge < -0.3 is 5.32 Å². The van der Waals surface area contributed by atoms with Gasteiger partial charge in [0.15, 0.2) is 5.13 Å². The summed E-state index contributed by atoms with van der Waals surface area (Å²) in [5.74, 6) is 0.731. The van der Waals surface area contributed by atoms with E-state index in [4.69, 9.17) is 0 Å². The minimum absolute atomic E-state index is 0.0762. The second-order valence-corrected chi connectivity index (χ2v) is 12.1. The Morgan fingerprint density at radius 1 is 1.09 bits per heavy atom. The molecule has 0 saturated carbocycles. The van der Waals surface area contributed by atoms with Gasteiger partial charge in [0.2, 0.25) is 15.9 Å². The van der Waals surface area contributed by atoms with Crippen molar-refractivity contribution < 1.29 is 13.2 Å². The molecule has 2 saturated heterocycles. The lowest BCUT2D eigenvalue weighted by Crippen LogP contribution is -2.35. The quantitative estimate of drug-likeness (QED) is 0.602. The normalized spacial score (nSPS) is 18.9. The second-order valence-electron chi connectivity index (χ2n) is 9.26. The van der Waals surface area contributed by atoms with Gasteiger partial charge in [0.25, 0.3) is 0 Å². The van der Waals surface area contributed by atoms with Gasteiger partial charge in [0.1, 0.15) is 0 Å². The number of rotatable bonds is 8. The SMILES string of the molecule is CC1CCN(Cc2csc(NC(=O)CCc3ccc(S(=O)(=O)N4CCCCC4)cc3)n2)CC1. The monoisotopic (exact) mass is 490 g/mol. The average Bonchev–Trinajstić information content (AvgIpc) is 3.26. The first-order valence-electron chi connectivity index (χ1n) is 12.0. The van der Waals surface area contributed by atoms with E-state index < -0.39 is 10.0 Å². The lowest BCUT2D eigenvalue weighted by molar-refractivity contribution is -0.116. The zero-order chi connectivity index (χ0) is 23.3. The van der Waals surface area contributed by atoms with E-state index in [0.29, 0.717) is 36.0 Å². The molecule has 0 radical (unpaired) electrons. The molecule has 0 bridgehead atoms. The number of carbonyl (C=O) groups is 1. The molecule has 4 rings (SSSR count). The largest absolute Gasteiger partial charge is 0.302 e. The molecule has 180 valence electrons. The third-order valence-electron chi connectivity index (χ3n) is 6.58. The highest BCUT2D eigenvalue weighted by molar-refractivity contribution is 7.89. The number of amides is 1. The fraction of sp³-hybridized carbons (Fsp3) is 0.583. The van der Waals surface area contributed by atoms with Gasteiger partial charge in [-0.05, 0) is 68.8 Å². The first kappa shape index (κ1) is 24.3. The van der Waals surface area contributed by atoms with Crippen molar-refractivity contribution in [1.29, 1.82) is 0 Å². The van der Waals surface area contributed by atoms with Crippen LogP contribution in [-0.2, 0) is 27.8 Å². The van der Waals surface area contributed by atoms with Crippen LogP contribution in [-0.4, -0.2) is 54.7 Å². The van der Waals surface area contributed by atoms with Crippen LogP contribution in [0.3, 0.4) is 0 Å². The van der Waals surface area contributed by atoms with Crippen LogP contribution in [0.15, 0.2) is 34.5 Å². The maximum atomic E-state index is 12.8. The van der Waals surface area contributed by atoms with Gasteiger partial charge in [-0.25, -0.2) is 13.4 Å². The topological polar surface area (TPSA) is 82.6 Å². The standard InChI is InChI=1S/C24H34N4O3S2/c1-19-11-15-27(16-12-19)17-21-18-32-24(25-21)26-23(29)10-7-20-5-8-22(9-6-20)33(30,31)28-13-3-2-4-14-28/h5-6,8-9,18-19H,2-4,7,10-17H2,1H3,(H,25,26,29). The average molecular weight is 491 g/mol. The number of hydrogen-bond acceptors (Lipinski definition) is 6. The van der Waals surface area contributed by atoms with Crippen molar-refractivity contribution >= 4 is 32.4 Å².